The third-order valence-corrected chi connectivity index (χ3v) is 5.42. The van der Waals surface area contributed by atoms with E-state index in [0.717, 1.165) is 0 Å². The van der Waals surface area contributed by atoms with Gasteiger partial charge < -0.3 is 10.1 Å². The summed E-state index contributed by atoms with van der Waals surface area (Å²) in [6, 6.07) is 4.40. The van der Waals surface area contributed by atoms with Gasteiger partial charge in [-0.2, -0.15) is 0 Å². The number of sulfone groups is 1. The predicted octanol–water partition coefficient (Wildman–Crippen LogP) is 0.742. The minimum Gasteiger partial charge on any atom is -0.508 e. The number of hydrogen-bond acceptors (Lipinski definition) is 4. The third kappa shape index (κ3) is 1.54. The van der Waals surface area contributed by atoms with Gasteiger partial charge >= 0.3 is 5.69 Å². The average Bonchev–Trinajstić information content (AvgIpc) is 2.76. The number of rotatable bonds is 1. The molecule has 0 amide bonds. The van der Waals surface area contributed by atoms with Gasteiger partial charge in [-0.05, 0) is 25.0 Å². The number of aromatic amines is 1. The lowest BCUT2D eigenvalue weighted by Crippen LogP contribution is -2.25. The average molecular weight is 268 g/mol. The number of phenolic OH excluding ortho intramolecular Hbond substituents is 1. The molecule has 0 spiro atoms. The summed E-state index contributed by atoms with van der Waals surface area (Å²) in [7, 11) is -3.25. The molecule has 1 aromatic carbocycles. The number of H-pyrrole nitrogens is 1. The first-order chi connectivity index (χ1) is 8.49. The Balaban J connectivity index is 2.30. The quantitative estimate of drug-likeness (QED) is 0.798. The fourth-order valence-electron chi connectivity index (χ4n) is 2.47. The summed E-state index contributed by atoms with van der Waals surface area (Å²) in [4.78, 5) is 14.5. The van der Waals surface area contributed by atoms with E-state index in [9.17, 15) is 18.3 Å². The summed E-state index contributed by atoms with van der Waals surface area (Å²) in [5, 5.41) is 8.56. The summed E-state index contributed by atoms with van der Waals surface area (Å²) in [6.07, 6.45) is 1.03. The van der Waals surface area contributed by atoms with Crippen LogP contribution in [0.25, 0.3) is 11.0 Å². The molecule has 1 saturated heterocycles. The van der Waals surface area contributed by atoms with Gasteiger partial charge in [-0.15, -0.1) is 0 Å². The van der Waals surface area contributed by atoms with Gasteiger partial charge in [0.05, 0.1) is 16.8 Å². The first-order valence-corrected chi connectivity index (χ1v) is 7.35. The molecule has 1 aliphatic heterocycles. The highest BCUT2D eigenvalue weighted by atomic mass is 32.2. The van der Waals surface area contributed by atoms with Gasteiger partial charge in [0, 0.05) is 6.07 Å². The minimum absolute atomic E-state index is 0.0326. The molecule has 0 saturated carbocycles. The van der Waals surface area contributed by atoms with Gasteiger partial charge in [0.15, 0.2) is 9.84 Å². The number of phenols is 1. The second-order valence-electron chi connectivity index (χ2n) is 4.47. The number of aromatic nitrogens is 2. The normalized spacial score (nSPS) is 22.6. The second kappa shape index (κ2) is 3.61. The lowest BCUT2D eigenvalue weighted by molar-refractivity contribution is 0.476. The summed E-state index contributed by atoms with van der Waals surface area (Å²) in [5.41, 5.74) is 0.501. The SMILES string of the molecule is O=c1[nH]c2cc(O)ccc2n1C1CCCS1(=O)=O. The van der Waals surface area contributed by atoms with Crippen LogP contribution in [0.1, 0.15) is 18.2 Å². The Morgan fingerprint density at radius 2 is 2.17 bits per heavy atom. The number of nitrogens with one attached hydrogen (secondary N) is 1. The molecule has 1 aliphatic rings. The van der Waals surface area contributed by atoms with Gasteiger partial charge in [-0.1, -0.05) is 0 Å². The van der Waals surface area contributed by atoms with E-state index in [1.165, 1.54) is 16.7 Å². The highest BCUT2D eigenvalue weighted by Gasteiger charge is 2.34. The van der Waals surface area contributed by atoms with Crippen molar-refractivity contribution in [3.63, 3.8) is 0 Å². The Labute approximate surface area is 103 Å². The summed E-state index contributed by atoms with van der Waals surface area (Å²) >= 11 is 0. The van der Waals surface area contributed by atoms with E-state index in [-0.39, 0.29) is 11.5 Å². The van der Waals surface area contributed by atoms with Crippen LogP contribution >= 0.6 is 0 Å². The van der Waals surface area contributed by atoms with E-state index < -0.39 is 20.9 Å². The van der Waals surface area contributed by atoms with E-state index >= 15 is 0 Å². The molecule has 3 rings (SSSR count). The third-order valence-electron chi connectivity index (χ3n) is 3.28. The molecule has 1 fully saturated rings. The van der Waals surface area contributed by atoms with Crippen molar-refractivity contribution in [1.29, 1.82) is 0 Å². The van der Waals surface area contributed by atoms with Crippen LogP contribution < -0.4 is 5.69 Å². The topological polar surface area (TPSA) is 92.2 Å². The van der Waals surface area contributed by atoms with Gasteiger partial charge in [-0.3, -0.25) is 4.57 Å². The summed E-state index contributed by atoms with van der Waals surface area (Å²) < 4.78 is 25.1. The number of nitrogens with zero attached hydrogens (tertiary/aromatic N) is 1. The van der Waals surface area contributed by atoms with Crippen molar-refractivity contribution in [3.05, 3.63) is 28.7 Å². The first kappa shape index (κ1) is 11.3. The molecule has 0 radical (unpaired) electrons. The zero-order chi connectivity index (χ0) is 12.9. The molecule has 2 aromatic rings. The molecule has 7 heteroatoms. The van der Waals surface area contributed by atoms with E-state index in [4.69, 9.17) is 0 Å². The van der Waals surface area contributed by atoms with Gasteiger partial charge in [-0.25, -0.2) is 13.2 Å². The highest BCUT2D eigenvalue weighted by molar-refractivity contribution is 7.91. The number of fused-ring (bicyclic) bond motifs is 1. The van der Waals surface area contributed by atoms with Crippen LogP contribution in [0.3, 0.4) is 0 Å². The molecule has 0 bridgehead atoms. The van der Waals surface area contributed by atoms with Crippen molar-refractivity contribution in [3.8, 4) is 5.75 Å². The molecule has 1 atom stereocenters. The molecular formula is C11H12N2O4S. The lowest BCUT2D eigenvalue weighted by atomic mass is 10.3. The van der Waals surface area contributed by atoms with E-state index in [1.54, 1.807) is 6.07 Å². The second-order valence-corrected chi connectivity index (χ2v) is 6.74. The van der Waals surface area contributed by atoms with Crippen molar-refractivity contribution in [2.45, 2.75) is 18.2 Å². The van der Waals surface area contributed by atoms with Crippen LogP contribution in [0.5, 0.6) is 5.75 Å². The molecule has 6 nitrogen and oxygen atoms in total. The van der Waals surface area contributed by atoms with Crippen LogP contribution in [0, 0.1) is 0 Å². The summed E-state index contributed by atoms with van der Waals surface area (Å²) in [6.45, 7) is 0. The molecule has 1 aromatic heterocycles. The van der Waals surface area contributed by atoms with Gasteiger partial charge in [0.25, 0.3) is 0 Å². The maximum atomic E-state index is 11.9. The fourth-order valence-corrected chi connectivity index (χ4v) is 4.37. The number of benzene rings is 1. The summed E-state index contributed by atoms with van der Waals surface area (Å²) in [5.74, 6) is 0.152. The maximum Gasteiger partial charge on any atom is 0.327 e. The minimum atomic E-state index is -3.25. The van der Waals surface area contributed by atoms with Crippen molar-refractivity contribution in [1.82, 2.24) is 9.55 Å². The van der Waals surface area contributed by atoms with Crippen molar-refractivity contribution < 1.29 is 13.5 Å². The highest BCUT2D eigenvalue weighted by Crippen LogP contribution is 2.31. The molecule has 1 unspecified atom stereocenters. The molecule has 2 N–H and O–H groups in total. The van der Waals surface area contributed by atoms with E-state index in [0.29, 0.717) is 23.9 Å². The number of aromatic hydroxyl groups is 1. The van der Waals surface area contributed by atoms with Crippen LogP contribution in [0.15, 0.2) is 23.0 Å². The number of imidazole rings is 1. The Bertz CT molecular complexity index is 772. The van der Waals surface area contributed by atoms with Crippen LogP contribution in [0.2, 0.25) is 0 Å². The maximum absolute atomic E-state index is 11.9. The molecule has 18 heavy (non-hydrogen) atoms. The largest absolute Gasteiger partial charge is 0.508 e. The Kier molecular flexibility index (Phi) is 2.28. The zero-order valence-electron chi connectivity index (χ0n) is 9.46. The van der Waals surface area contributed by atoms with Crippen molar-refractivity contribution in [2.75, 3.05) is 5.75 Å². The Morgan fingerprint density at radius 3 is 2.83 bits per heavy atom. The zero-order valence-corrected chi connectivity index (χ0v) is 10.3. The monoisotopic (exact) mass is 268 g/mol. The molecule has 2 heterocycles. The van der Waals surface area contributed by atoms with Gasteiger partial charge in [0.2, 0.25) is 0 Å². The molecule has 0 aliphatic carbocycles. The first-order valence-electron chi connectivity index (χ1n) is 5.64. The molecule has 96 valence electrons. The Hall–Kier alpha value is -1.76. The number of hydrogen-bond donors (Lipinski definition) is 2. The van der Waals surface area contributed by atoms with Crippen LogP contribution in [0.4, 0.5) is 0 Å². The fraction of sp³-hybridized carbons (Fsp3) is 0.364. The standard InChI is InChI=1S/C11H12N2O4S/c14-7-3-4-9-8(6-7)12-11(15)13(9)10-2-1-5-18(10,16)17/h3-4,6,10,14H,1-2,5H2,(H,12,15). The van der Waals surface area contributed by atoms with E-state index in [1.807, 2.05) is 0 Å². The Morgan fingerprint density at radius 1 is 1.39 bits per heavy atom. The van der Waals surface area contributed by atoms with E-state index in [2.05, 4.69) is 4.98 Å². The predicted molar refractivity (Wildman–Crippen MR) is 66.3 cm³/mol. The van der Waals surface area contributed by atoms with Crippen LogP contribution in [-0.2, 0) is 9.84 Å². The van der Waals surface area contributed by atoms with Gasteiger partial charge in [0.1, 0.15) is 11.1 Å². The van der Waals surface area contributed by atoms with Crippen molar-refractivity contribution >= 4 is 20.9 Å². The van der Waals surface area contributed by atoms with Crippen molar-refractivity contribution in [2.24, 2.45) is 0 Å². The smallest absolute Gasteiger partial charge is 0.327 e. The van der Waals surface area contributed by atoms with Crippen LogP contribution in [-0.4, -0.2) is 28.8 Å². The molecular weight excluding hydrogens is 256 g/mol. The lowest BCUT2D eigenvalue weighted by Gasteiger charge is -2.11.